The van der Waals surface area contributed by atoms with Crippen molar-refractivity contribution in [2.45, 2.75) is 25.3 Å². The molecule has 2 rings (SSSR count). The van der Waals surface area contributed by atoms with Gasteiger partial charge in [-0.25, -0.2) is 4.79 Å². The molecule has 3 amide bonds. The number of amides is 3. The summed E-state index contributed by atoms with van der Waals surface area (Å²) in [5.74, 6) is 0.0915. The van der Waals surface area contributed by atoms with E-state index in [9.17, 15) is 9.59 Å². The van der Waals surface area contributed by atoms with Gasteiger partial charge in [0, 0.05) is 19.5 Å². The molecule has 2 saturated heterocycles. The monoisotopic (exact) mass is 211 g/mol. The molecule has 2 heterocycles. The van der Waals surface area contributed by atoms with Crippen molar-refractivity contribution in [1.29, 1.82) is 0 Å². The van der Waals surface area contributed by atoms with E-state index in [4.69, 9.17) is 0 Å². The first kappa shape index (κ1) is 10.4. The molecule has 5 heteroatoms. The third kappa shape index (κ3) is 1.51. The highest BCUT2D eigenvalue weighted by Crippen LogP contribution is 2.29. The number of hydrogen-bond acceptors (Lipinski definition) is 3. The number of nitrogens with zero attached hydrogens (tertiary/aromatic N) is 1. The van der Waals surface area contributed by atoms with Crippen LogP contribution in [0.4, 0.5) is 4.79 Å². The van der Waals surface area contributed by atoms with Crippen LogP contribution in [-0.4, -0.2) is 42.5 Å². The fourth-order valence-electron chi connectivity index (χ4n) is 2.42. The largest absolute Gasteiger partial charge is 0.324 e. The zero-order chi connectivity index (χ0) is 11.1. The number of imide groups is 1. The Kier molecular flexibility index (Phi) is 2.42. The molecule has 0 aliphatic carbocycles. The molecule has 0 saturated carbocycles. The lowest BCUT2D eigenvalue weighted by atomic mass is 9.80. The Morgan fingerprint density at radius 1 is 1.47 bits per heavy atom. The quantitative estimate of drug-likeness (QED) is 0.597. The number of carbonyl (C=O) groups excluding carboxylic acids is 2. The molecule has 2 aliphatic rings. The van der Waals surface area contributed by atoms with Crippen molar-refractivity contribution in [3.05, 3.63) is 0 Å². The average Bonchev–Trinajstić information content (AvgIpc) is 2.45. The van der Waals surface area contributed by atoms with E-state index in [2.05, 4.69) is 10.6 Å². The van der Waals surface area contributed by atoms with Crippen molar-refractivity contribution in [3.63, 3.8) is 0 Å². The minimum Gasteiger partial charge on any atom is -0.323 e. The summed E-state index contributed by atoms with van der Waals surface area (Å²) in [7, 11) is 1.53. The lowest BCUT2D eigenvalue weighted by molar-refractivity contribution is -0.131. The molecule has 15 heavy (non-hydrogen) atoms. The van der Waals surface area contributed by atoms with Crippen molar-refractivity contribution in [1.82, 2.24) is 15.5 Å². The minimum atomic E-state index is -0.709. The highest BCUT2D eigenvalue weighted by Gasteiger charge is 2.50. The maximum absolute atomic E-state index is 12.0. The molecule has 0 aromatic rings. The summed E-state index contributed by atoms with van der Waals surface area (Å²) in [6, 6.07) is -0.284. The number of rotatable bonds is 1. The molecular weight excluding hydrogens is 194 g/mol. The Bertz CT molecular complexity index is 299. The van der Waals surface area contributed by atoms with Gasteiger partial charge in [0.2, 0.25) is 0 Å². The Balaban J connectivity index is 2.18. The third-order valence-corrected chi connectivity index (χ3v) is 3.53. The number of carbonyl (C=O) groups is 2. The SMILES string of the molecule is CN1C(=O)N[C@@](C)([C@@H]2CCCNC2)C1=O. The van der Waals surface area contributed by atoms with E-state index in [0.717, 1.165) is 25.9 Å². The zero-order valence-corrected chi connectivity index (χ0v) is 9.17. The summed E-state index contributed by atoms with van der Waals surface area (Å²) in [6.07, 6.45) is 2.05. The van der Waals surface area contributed by atoms with E-state index in [0.29, 0.717) is 0 Å². The topological polar surface area (TPSA) is 61.4 Å². The van der Waals surface area contributed by atoms with Crippen LogP contribution in [0.15, 0.2) is 0 Å². The summed E-state index contributed by atoms with van der Waals surface area (Å²) in [4.78, 5) is 24.5. The van der Waals surface area contributed by atoms with Gasteiger partial charge in [0.1, 0.15) is 5.54 Å². The van der Waals surface area contributed by atoms with Gasteiger partial charge in [0.25, 0.3) is 5.91 Å². The van der Waals surface area contributed by atoms with Gasteiger partial charge in [-0.1, -0.05) is 0 Å². The average molecular weight is 211 g/mol. The van der Waals surface area contributed by atoms with E-state index < -0.39 is 5.54 Å². The van der Waals surface area contributed by atoms with Crippen LogP contribution in [0.3, 0.4) is 0 Å². The van der Waals surface area contributed by atoms with Crippen molar-refractivity contribution in [2.24, 2.45) is 5.92 Å². The van der Waals surface area contributed by atoms with Crippen LogP contribution in [0.5, 0.6) is 0 Å². The van der Waals surface area contributed by atoms with Crippen molar-refractivity contribution >= 4 is 11.9 Å². The molecule has 0 aromatic heterocycles. The van der Waals surface area contributed by atoms with Crippen LogP contribution < -0.4 is 10.6 Å². The van der Waals surface area contributed by atoms with Crippen LogP contribution in [0.1, 0.15) is 19.8 Å². The number of hydrogen-bond donors (Lipinski definition) is 2. The van der Waals surface area contributed by atoms with Crippen LogP contribution in [0.2, 0.25) is 0 Å². The maximum Gasteiger partial charge on any atom is 0.324 e. The first-order chi connectivity index (χ1) is 7.05. The van der Waals surface area contributed by atoms with E-state index in [1.165, 1.54) is 11.9 Å². The number of urea groups is 1. The molecule has 2 aliphatic heterocycles. The van der Waals surface area contributed by atoms with Gasteiger partial charge in [-0.2, -0.15) is 0 Å². The predicted octanol–water partition coefficient (Wildman–Crippen LogP) is -0.0737. The van der Waals surface area contributed by atoms with Crippen LogP contribution in [0, 0.1) is 5.92 Å². The number of likely N-dealkylation sites (N-methyl/N-ethyl adjacent to an activating group) is 1. The smallest absolute Gasteiger partial charge is 0.323 e. The van der Waals surface area contributed by atoms with E-state index in [1.54, 1.807) is 0 Å². The molecule has 2 fully saturated rings. The van der Waals surface area contributed by atoms with Crippen molar-refractivity contribution in [2.75, 3.05) is 20.1 Å². The van der Waals surface area contributed by atoms with Gasteiger partial charge in [-0.05, 0) is 26.3 Å². The second-order valence-electron chi connectivity index (χ2n) is 4.54. The van der Waals surface area contributed by atoms with Crippen LogP contribution in [0.25, 0.3) is 0 Å². The van der Waals surface area contributed by atoms with Gasteiger partial charge < -0.3 is 10.6 Å². The van der Waals surface area contributed by atoms with E-state index >= 15 is 0 Å². The molecule has 0 unspecified atom stereocenters. The molecule has 0 bridgehead atoms. The van der Waals surface area contributed by atoms with Gasteiger partial charge in [-0.15, -0.1) is 0 Å². The van der Waals surface area contributed by atoms with Crippen LogP contribution in [-0.2, 0) is 4.79 Å². The van der Waals surface area contributed by atoms with E-state index in [1.807, 2.05) is 6.92 Å². The minimum absolute atomic E-state index is 0.110. The molecule has 2 atom stereocenters. The zero-order valence-electron chi connectivity index (χ0n) is 9.17. The van der Waals surface area contributed by atoms with Crippen molar-refractivity contribution < 1.29 is 9.59 Å². The molecule has 5 nitrogen and oxygen atoms in total. The lowest BCUT2D eigenvalue weighted by Gasteiger charge is -2.34. The normalized spacial score (nSPS) is 36.9. The highest BCUT2D eigenvalue weighted by atomic mass is 16.2. The summed E-state index contributed by atoms with van der Waals surface area (Å²) in [5.41, 5.74) is -0.709. The second kappa shape index (κ2) is 3.48. The van der Waals surface area contributed by atoms with Gasteiger partial charge in [-0.3, -0.25) is 9.69 Å². The summed E-state index contributed by atoms with van der Waals surface area (Å²) in [6.45, 7) is 3.63. The molecule has 0 radical (unpaired) electrons. The first-order valence-electron chi connectivity index (χ1n) is 5.36. The Morgan fingerprint density at radius 2 is 2.20 bits per heavy atom. The molecular formula is C10H17N3O2. The molecule has 0 spiro atoms. The Hall–Kier alpha value is -1.10. The number of nitrogens with one attached hydrogen (secondary N) is 2. The molecule has 2 N–H and O–H groups in total. The summed E-state index contributed by atoms with van der Waals surface area (Å²) < 4.78 is 0. The lowest BCUT2D eigenvalue weighted by Crippen LogP contribution is -2.55. The van der Waals surface area contributed by atoms with Crippen LogP contribution >= 0.6 is 0 Å². The Labute approximate surface area is 89.2 Å². The van der Waals surface area contributed by atoms with Gasteiger partial charge >= 0.3 is 6.03 Å². The first-order valence-corrected chi connectivity index (χ1v) is 5.36. The standard InChI is InChI=1S/C10H17N3O2/c1-10(7-4-3-5-11-6-7)8(14)13(2)9(15)12-10/h7,11H,3-6H2,1-2H3,(H,12,15)/t7-,10+/m1/s1. The van der Waals surface area contributed by atoms with Crippen molar-refractivity contribution in [3.8, 4) is 0 Å². The van der Waals surface area contributed by atoms with E-state index in [-0.39, 0.29) is 17.9 Å². The van der Waals surface area contributed by atoms with Gasteiger partial charge in [0.05, 0.1) is 0 Å². The molecule has 84 valence electrons. The fourth-order valence-corrected chi connectivity index (χ4v) is 2.42. The summed E-state index contributed by atoms with van der Waals surface area (Å²) >= 11 is 0. The summed E-state index contributed by atoms with van der Waals surface area (Å²) in [5, 5.41) is 6.06. The predicted molar refractivity (Wildman–Crippen MR) is 55.3 cm³/mol. The highest BCUT2D eigenvalue weighted by molar-refractivity contribution is 6.06. The third-order valence-electron chi connectivity index (χ3n) is 3.53. The van der Waals surface area contributed by atoms with Gasteiger partial charge in [0.15, 0.2) is 0 Å². The fraction of sp³-hybridized carbons (Fsp3) is 0.800. The maximum atomic E-state index is 12.0. The number of piperidine rings is 1. The molecule has 0 aromatic carbocycles. The second-order valence-corrected chi connectivity index (χ2v) is 4.54. The Morgan fingerprint density at radius 3 is 2.67 bits per heavy atom.